The minimum atomic E-state index is 0.217. The van der Waals surface area contributed by atoms with E-state index in [0.29, 0.717) is 0 Å². The van der Waals surface area contributed by atoms with E-state index in [1.165, 1.54) is 33.4 Å². The Morgan fingerprint density at radius 2 is 1.54 bits per heavy atom. The molecule has 0 bridgehead atoms. The standard InChI is InChI=1S/C17H13NS.C9H8/c19-17-16(14-7-3-4-8-15(14)18-17)13-10-9-11-5-1-2-6-12(11)13;1-2-5-9-7-3-6-8(9)4-1/h1-8,10,16H,9H2,(H,18,19);1-6H,7H2. The minimum absolute atomic E-state index is 0.217. The van der Waals surface area contributed by atoms with Gasteiger partial charge in [0.25, 0.3) is 0 Å². The molecule has 0 saturated carbocycles. The molecule has 6 rings (SSSR count). The Morgan fingerprint density at radius 3 is 2.43 bits per heavy atom. The van der Waals surface area contributed by atoms with Gasteiger partial charge < -0.3 is 5.32 Å². The lowest BCUT2D eigenvalue weighted by Crippen LogP contribution is -2.10. The van der Waals surface area contributed by atoms with Crippen molar-refractivity contribution in [1.29, 1.82) is 0 Å². The minimum Gasteiger partial charge on any atom is -0.349 e. The van der Waals surface area contributed by atoms with Crippen molar-refractivity contribution in [3.63, 3.8) is 0 Å². The molecule has 1 heterocycles. The van der Waals surface area contributed by atoms with E-state index in [1.54, 1.807) is 0 Å². The molecule has 28 heavy (non-hydrogen) atoms. The third-order valence-corrected chi connectivity index (χ3v) is 6.00. The topological polar surface area (TPSA) is 12.0 Å². The number of para-hydroxylation sites is 1. The molecular weight excluding hydrogens is 358 g/mol. The third kappa shape index (κ3) is 3.00. The molecular formula is C26H21NS. The molecule has 3 aromatic carbocycles. The zero-order valence-electron chi connectivity index (χ0n) is 15.6. The summed E-state index contributed by atoms with van der Waals surface area (Å²) < 4.78 is 0. The first kappa shape index (κ1) is 17.2. The van der Waals surface area contributed by atoms with Crippen molar-refractivity contribution in [1.82, 2.24) is 0 Å². The summed E-state index contributed by atoms with van der Waals surface area (Å²) in [5, 5.41) is 3.35. The van der Waals surface area contributed by atoms with Crippen LogP contribution in [0.25, 0.3) is 11.6 Å². The van der Waals surface area contributed by atoms with Crippen LogP contribution in [-0.2, 0) is 12.8 Å². The summed E-state index contributed by atoms with van der Waals surface area (Å²) in [7, 11) is 0. The fourth-order valence-electron chi connectivity index (χ4n) is 4.30. The van der Waals surface area contributed by atoms with E-state index < -0.39 is 0 Å². The lowest BCUT2D eigenvalue weighted by Gasteiger charge is -2.14. The van der Waals surface area contributed by atoms with Crippen molar-refractivity contribution in [2.24, 2.45) is 0 Å². The first-order valence-electron chi connectivity index (χ1n) is 9.74. The molecule has 1 nitrogen and oxygen atoms in total. The molecule has 136 valence electrons. The molecule has 2 heteroatoms. The molecule has 0 fully saturated rings. The van der Waals surface area contributed by atoms with Gasteiger partial charge in [-0.2, -0.15) is 0 Å². The number of nitrogens with one attached hydrogen (secondary N) is 1. The zero-order chi connectivity index (χ0) is 18.9. The van der Waals surface area contributed by atoms with Crippen molar-refractivity contribution in [3.8, 4) is 0 Å². The number of fused-ring (bicyclic) bond motifs is 3. The maximum absolute atomic E-state index is 5.56. The van der Waals surface area contributed by atoms with Crippen molar-refractivity contribution in [3.05, 3.63) is 113 Å². The van der Waals surface area contributed by atoms with Gasteiger partial charge in [-0.3, -0.25) is 0 Å². The Morgan fingerprint density at radius 1 is 0.786 bits per heavy atom. The van der Waals surface area contributed by atoms with Crippen molar-refractivity contribution >= 4 is 34.5 Å². The van der Waals surface area contributed by atoms with Crippen LogP contribution in [0.2, 0.25) is 0 Å². The quantitative estimate of drug-likeness (QED) is 0.490. The fourth-order valence-corrected chi connectivity index (χ4v) is 4.66. The molecule has 3 aromatic rings. The molecule has 1 unspecified atom stereocenters. The van der Waals surface area contributed by atoms with Crippen LogP contribution in [-0.4, -0.2) is 4.99 Å². The number of anilines is 1. The monoisotopic (exact) mass is 379 g/mol. The highest BCUT2D eigenvalue weighted by atomic mass is 32.1. The number of benzene rings is 3. The Kier molecular flexibility index (Phi) is 4.42. The average Bonchev–Trinajstić information content (AvgIpc) is 3.44. The molecule has 0 saturated heterocycles. The van der Waals surface area contributed by atoms with Gasteiger partial charge in [0.15, 0.2) is 0 Å². The fraction of sp³-hybridized carbons (Fsp3) is 0.115. The summed E-state index contributed by atoms with van der Waals surface area (Å²) in [5.41, 5.74) is 9.42. The second-order valence-electron chi connectivity index (χ2n) is 7.34. The second kappa shape index (κ2) is 7.21. The van der Waals surface area contributed by atoms with Gasteiger partial charge in [-0.05, 0) is 52.3 Å². The molecule has 0 spiro atoms. The summed E-state index contributed by atoms with van der Waals surface area (Å²) in [4.78, 5) is 0.921. The number of hydrogen-bond donors (Lipinski definition) is 1. The zero-order valence-corrected chi connectivity index (χ0v) is 16.4. The average molecular weight is 380 g/mol. The SMILES string of the molecule is C1=Cc2ccccc2C1.S=C1Nc2ccccc2C1C1=CCc2ccccc21. The number of rotatable bonds is 1. The maximum Gasteiger partial charge on any atom is 0.0918 e. The highest BCUT2D eigenvalue weighted by molar-refractivity contribution is 7.80. The van der Waals surface area contributed by atoms with Crippen LogP contribution in [0.5, 0.6) is 0 Å². The summed E-state index contributed by atoms with van der Waals surface area (Å²) in [5.74, 6) is 0.217. The van der Waals surface area contributed by atoms with Crippen molar-refractivity contribution < 1.29 is 0 Å². The summed E-state index contributed by atoms with van der Waals surface area (Å²) in [6.45, 7) is 0. The van der Waals surface area contributed by atoms with E-state index in [9.17, 15) is 0 Å². The summed E-state index contributed by atoms with van der Waals surface area (Å²) in [6.07, 6.45) is 8.84. The molecule has 1 N–H and O–H groups in total. The number of allylic oxidation sites excluding steroid dienone is 2. The van der Waals surface area contributed by atoms with Crippen LogP contribution in [0.15, 0.2) is 84.9 Å². The molecule has 1 atom stereocenters. The van der Waals surface area contributed by atoms with E-state index in [0.717, 1.165) is 23.5 Å². The summed E-state index contributed by atoms with van der Waals surface area (Å²) >= 11 is 5.56. The Bertz CT molecular complexity index is 1120. The van der Waals surface area contributed by atoms with Crippen molar-refractivity contribution in [2.45, 2.75) is 18.8 Å². The lowest BCUT2D eigenvalue weighted by molar-refractivity contribution is 1.23. The van der Waals surface area contributed by atoms with E-state index in [4.69, 9.17) is 12.2 Å². The van der Waals surface area contributed by atoms with Crippen LogP contribution < -0.4 is 5.32 Å². The smallest absolute Gasteiger partial charge is 0.0918 e. The van der Waals surface area contributed by atoms with Crippen LogP contribution in [0.1, 0.15) is 33.7 Å². The largest absolute Gasteiger partial charge is 0.349 e. The van der Waals surface area contributed by atoms with Crippen LogP contribution in [0.3, 0.4) is 0 Å². The van der Waals surface area contributed by atoms with Gasteiger partial charge in [-0.1, -0.05) is 97.2 Å². The van der Waals surface area contributed by atoms with Crippen LogP contribution in [0, 0.1) is 0 Å². The van der Waals surface area contributed by atoms with Gasteiger partial charge in [-0.15, -0.1) is 0 Å². The van der Waals surface area contributed by atoms with E-state index in [-0.39, 0.29) is 5.92 Å². The summed E-state index contributed by atoms with van der Waals surface area (Å²) in [6, 6.07) is 25.5. The Labute approximate surface area is 171 Å². The van der Waals surface area contributed by atoms with Gasteiger partial charge in [0.2, 0.25) is 0 Å². The highest BCUT2D eigenvalue weighted by Crippen LogP contribution is 2.44. The van der Waals surface area contributed by atoms with Crippen LogP contribution >= 0.6 is 12.2 Å². The molecule has 2 aliphatic carbocycles. The van der Waals surface area contributed by atoms with Gasteiger partial charge in [0, 0.05) is 5.69 Å². The molecule has 3 aliphatic rings. The molecule has 0 amide bonds. The second-order valence-corrected chi connectivity index (χ2v) is 7.78. The number of hydrogen-bond acceptors (Lipinski definition) is 1. The van der Waals surface area contributed by atoms with E-state index >= 15 is 0 Å². The number of thiocarbonyl (C=S) groups is 1. The first-order chi connectivity index (χ1) is 13.8. The first-order valence-corrected chi connectivity index (χ1v) is 10.1. The van der Waals surface area contributed by atoms with E-state index in [2.05, 4.69) is 90.3 Å². The predicted octanol–water partition coefficient (Wildman–Crippen LogP) is 6.42. The third-order valence-electron chi connectivity index (χ3n) is 5.66. The molecule has 0 aromatic heterocycles. The Hall–Kier alpha value is -2.97. The maximum atomic E-state index is 5.56. The molecule has 0 radical (unpaired) electrons. The van der Waals surface area contributed by atoms with Crippen LogP contribution in [0.4, 0.5) is 5.69 Å². The van der Waals surface area contributed by atoms with Gasteiger partial charge >= 0.3 is 0 Å². The lowest BCUT2D eigenvalue weighted by atomic mass is 9.89. The Balaban J connectivity index is 0.000000158. The van der Waals surface area contributed by atoms with Gasteiger partial charge in [-0.25, -0.2) is 0 Å². The van der Waals surface area contributed by atoms with Crippen molar-refractivity contribution in [2.75, 3.05) is 5.32 Å². The molecule has 1 aliphatic heterocycles. The van der Waals surface area contributed by atoms with E-state index in [1.807, 2.05) is 6.07 Å². The highest BCUT2D eigenvalue weighted by Gasteiger charge is 2.32. The van der Waals surface area contributed by atoms with Gasteiger partial charge in [0.1, 0.15) is 0 Å². The van der Waals surface area contributed by atoms with Gasteiger partial charge in [0.05, 0.1) is 10.9 Å². The normalized spacial score (nSPS) is 17.8. The predicted molar refractivity (Wildman–Crippen MR) is 123 cm³/mol.